The first kappa shape index (κ1) is 30.0. The van der Waals surface area contributed by atoms with Crippen molar-refractivity contribution in [3.05, 3.63) is 64.5 Å². The third-order valence-corrected chi connectivity index (χ3v) is 8.04. The number of oxime groups is 1. The maximum Gasteiger partial charge on any atom is 0.471 e. The molecule has 1 fully saturated rings. The summed E-state index contributed by atoms with van der Waals surface area (Å²) >= 11 is 7.72. The molecule has 0 aromatic carbocycles. The number of aliphatic carboxylic acids is 1. The van der Waals surface area contributed by atoms with Gasteiger partial charge in [-0.25, -0.2) is 9.55 Å². The van der Waals surface area contributed by atoms with Crippen molar-refractivity contribution < 1.29 is 46.9 Å². The van der Waals surface area contributed by atoms with Gasteiger partial charge in [-0.3, -0.25) is 24.6 Å². The monoisotopic (exact) mass is 630 g/mol. The lowest BCUT2D eigenvalue weighted by atomic mass is 10.0. The topological polar surface area (TPSA) is 157 Å². The normalized spacial score (nSPS) is 18.8. The number of aromatic nitrogens is 2. The van der Waals surface area contributed by atoms with Crippen molar-refractivity contribution in [1.29, 1.82) is 0 Å². The quantitative estimate of drug-likeness (QED) is 0.0965. The molecule has 2 aromatic rings. The van der Waals surface area contributed by atoms with E-state index in [1.54, 1.807) is 35.2 Å². The van der Waals surface area contributed by atoms with Crippen LogP contribution in [0, 0.1) is 0 Å². The summed E-state index contributed by atoms with van der Waals surface area (Å²) in [6.07, 6.45) is -0.444. The molecule has 2 atom stereocenters. The zero-order valence-electron chi connectivity index (χ0n) is 20.5. The fourth-order valence-electron chi connectivity index (χ4n) is 3.78. The number of halogens is 4. The van der Waals surface area contributed by atoms with Gasteiger partial charge in [0.1, 0.15) is 28.1 Å². The van der Waals surface area contributed by atoms with Gasteiger partial charge in [0.05, 0.1) is 11.7 Å². The summed E-state index contributed by atoms with van der Waals surface area (Å²) in [5, 5.41) is 18.2. The number of fused-ring (bicyclic) bond motifs is 1. The predicted octanol–water partition coefficient (Wildman–Crippen LogP) is 0.596. The summed E-state index contributed by atoms with van der Waals surface area (Å²) in [4.78, 5) is 59.3. The van der Waals surface area contributed by atoms with Gasteiger partial charge < -0.3 is 20.1 Å². The second kappa shape index (κ2) is 12.3. The fourth-order valence-corrected chi connectivity index (χ4v) is 6.15. The van der Waals surface area contributed by atoms with Gasteiger partial charge in [-0.1, -0.05) is 46.8 Å². The molecule has 0 aliphatic carbocycles. The Hall–Kier alpha value is -3.96. The van der Waals surface area contributed by atoms with Crippen LogP contribution in [0.1, 0.15) is 5.69 Å². The van der Waals surface area contributed by atoms with Gasteiger partial charge in [-0.2, -0.15) is 13.2 Å². The molecule has 3 amide bonds. The number of amides is 3. The van der Waals surface area contributed by atoms with Crippen molar-refractivity contribution in [3.63, 3.8) is 0 Å². The highest BCUT2D eigenvalue weighted by Gasteiger charge is 2.53. The number of alkyl halides is 3. The molecule has 18 heteroatoms. The van der Waals surface area contributed by atoms with Crippen LogP contribution in [0.15, 0.2) is 59.7 Å². The molecule has 0 saturated carbocycles. The van der Waals surface area contributed by atoms with Crippen LogP contribution < -0.4 is 20.3 Å². The summed E-state index contributed by atoms with van der Waals surface area (Å²) in [6, 6.07) is 4.12. The number of hydrogen-bond donors (Lipinski definition) is 2. The minimum absolute atomic E-state index is 0.174. The van der Waals surface area contributed by atoms with Crippen molar-refractivity contribution in [2.45, 2.75) is 24.1 Å². The number of carbonyl (C=O) groups is 4. The number of β-lactam (4-membered cyclic amide) rings is 1. The van der Waals surface area contributed by atoms with Gasteiger partial charge >= 0.3 is 12.1 Å². The van der Waals surface area contributed by atoms with Crippen molar-refractivity contribution in [2.75, 3.05) is 17.7 Å². The van der Waals surface area contributed by atoms with Crippen LogP contribution in [0.2, 0.25) is 4.34 Å². The summed E-state index contributed by atoms with van der Waals surface area (Å²) in [5.74, 6) is -5.42. The van der Waals surface area contributed by atoms with Crippen molar-refractivity contribution in [1.82, 2.24) is 15.2 Å². The van der Waals surface area contributed by atoms with Crippen molar-refractivity contribution in [3.8, 4) is 0 Å². The second-order valence-electron chi connectivity index (χ2n) is 8.27. The van der Waals surface area contributed by atoms with E-state index in [0.717, 1.165) is 4.90 Å². The first-order chi connectivity index (χ1) is 19.4. The minimum Gasteiger partial charge on any atom is -0.543 e. The smallest absolute Gasteiger partial charge is 0.471 e. The minimum atomic E-state index is -5.20. The van der Waals surface area contributed by atoms with Crippen LogP contribution in [0.5, 0.6) is 0 Å². The number of carbonyl (C=O) groups excluding carboxylic acids is 4. The maximum atomic E-state index is 13.2. The lowest BCUT2D eigenvalue weighted by Crippen LogP contribution is -2.71. The van der Waals surface area contributed by atoms with E-state index in [1.165, 1.54) is 23.2 Å². The van der Waals surface area contributed by atoms with E-state index < -0.39 is 57.8 Å². The molecule has 216 valence electrons. The van der Waals surface area contributed by atoms with Gasteiger partial charge in [0.15, 0.2) is 29.8 Å². The molecule has 2 N–H and O–H groups in total. The van der Waals surface area contributed by atoms with E-state index in [0.29, 0.717) is 16.9 Å². The zero-order chi connectivity index (χ0) is 29.9. The van der Waals surface area contributed by atoms with E-state index in [-0.39, 0.29) is 28.9 Å². The van der Waals surface area contributed by atoms with Crippen LogP contribution >= 0.6 is 34.7 Å². The third-order valence-electron chi connectivity index (χ3n) is 5.53. The summed E-state index contributed by atoms with van der Waals surface area (Å²) in [7, 11) is 0. The molecule has 2 aliphatic heterocycles. The molecule has 41 heavy (non-hydrogen) atoms. The number of pyridine rings is 1. The number of nitrogens with zero attached hydrogens (tertiary/aromatic N) is 4. The Kier molecular flexibility index (Phi) is 8.98. The maximum absolute atomic E-state index is 13.2. The lowest BCUT2D eigenvalue weighted by Gasteiger charge is -2.50. The Morgan fingerprint density at radius 2 is 2.02 bits per heavy atom. The first-order valence-electron chi connectivity index (χ1n) is 11.4. The van der Waals surface area contributed by atoms with Crippen LogP contribution in [-0.4, -0.2) is 69.2 Å². The second-order valence-corrected chi connectivity index (χ2v) is 11.0. The number of thioether (sulfide) groups is 1. The average molecular weight is 631 g/mol. The molecular weight excluding hydrogens is 613 g/mol. The molecule has 0 radical (unpaired) electrons. The third kappa shape index (κ3) is 6.52. The summed E-state index contributed by atoms with van der Waals surface area (Å²) < 4.78 is 39.3. The van der Waals surface area contributed by atoms with Crippen LogP contribution in [0.3, 0.4) is 0 Å². The molecule has 12 nitrogen and oxygen atoms in total. The largest absolute Gasteiger partial charge is 0.543 e. The van der Waals surface area contributed by atoms with E-state index in [2.05, 4.69) is 22.0 Å². The Balaban J connectivity index is 1.55. The van der Waals surface area contributed by atoms with Crippen LogP contribution in [0.4, 0.5) is 18.3 Å². The van der Waals surface area contributed by atoms with Gasteiger partial charge in [-0.05, 0) is 0 Å². The Bertz CT molecular complexity index is 1470. The van der Waals surface area contributed by atoms with Crippen molar-refractivity contribution in [2.24, 2.45) is 5.16 Å². The molecule has 0 spiro atoms. The molecule has 0 bridgehead atoms. The molecule has 4 heterocycles. The number of rotatable bonds is 10. The zero-order valence-corrected chi connectivity index (χ0v) is 22.9. The number of nitrogens with one attached hydrogen (secondary N) is 2. The van der Waals surface area contributed by atoms with E-state index >= 15 is 0 Å². The number of hydrogen-bond acceptors (Lipinski definition) is 10. The number of carboxylic acid groups (broad SMARTS) is 1. The summed E-state index contributed by atoms with van der Waals surface area (Å²) in [5.41, 5.74) is -0.891. The SMILES string of the molecule is C=CCO/N=C(\C(=O)NC1C(=O)N2C(C(=O)[O-])=C(C[n+]3ccccc3)CS[C@H]12)c1nc(NC(=O)C(F)(F)F)sc1Cl. The van der Waals surface area contributed by atoms with E-state index in [1.807, 2.05) is 0 Å². The van der Waals surface area contributed by atoms with Gasteiger partial charge in [0.2, 0.25) is 0 Å². The number of thiazole rings is 1. The molecule has 1 unspecified atom stereocenters. The lowest BCUT2D eigenvalue weighted by molar-refractivity contribution is -0.689. The van der Waals surface area contributed by atoms with Gasteiger partial charge in [0, 0.05) is 23.5 Å². The fraction of sp³-hybridized carbons (Fsp3) is 0.261. The van der Waals surface area contributed by atoms with Gasteiger partial charge in [0.25, 0.3) is 11.8 Å². The molecular formula is C23H18ClF3N6O6S2. The average Bonchev–Trinajstić information content (AvgIpc) is 3.28. The van der Waals surface area contributed by atoms with Crippen molar-refractivity contribution >= 4 is 69.2 Å². The Labute approximate surface area is 242 Å². The number of anilines is 1. The first-order valence-corrected chi connectivity index (χ1v) is 13.7. The highest BCUT2D eigenvalue weighted by Crippen LogP contribution is 2.40. The number of carboxylic acids is 1. The molecule has 1 saturated heterocycles. The Morgan fingerprint density at radius 1 is 1.32 bits per heavy atom. The highest BCUT2D eigenvalue weighted by atomic mass is 35.5. The molecule has 2 aliphatic rings. The molecule has 2 aromatic heterocycles. The van der Waals surface area contributed by atoms with E-state index in [9.17, 15) is 37.5 Å². The van der Waals surface area contributed by atoms with Crippen LogP contribution in [0.25, 0.3) is 0 Å². The molecule has 4 rings (SSSR count). The standard InChI is InChI=1S/C23H18ClF3N6O6S2/c1-2-8-39-31-13(12-16(24)41-22(29-12)30-21(38)23(25,26)27)17(34)28-14-18(35)33-15(20(36)37)11(10-40-19(14)33)9-32-6-4-3-5-7-32/h2-7,14,19H,1,8-10H2,(H2-,28,29,30,34,36,37,38)/b31-13-/t14?,19-/m1/s1. The van der Waals surface area contributed by atoms with Crippen LogP contribution in [-0.2, 0) is 30.6 Å². The summed E-state index contributed by atoms with van der Waals surface area (Å²) in [6.45, 7) is 3.45. The Morgan fingerprint density at radius 3 is 2.66 bits per heavy atom. The van der Waals surface area contributed by atoms with E-state index in [4.69, 9.17) is 16.4 Å². The predicted molar refractivity (Wildman–Crippen MR) is 138 cm³/mol. The van der Waals surface area contributed by atoms with Gasteiger partial charge in [-0.15, -0.1) is 11.8 Å². The highest BCUT2D eigenvalue weighted by molar-refractivity contribution is 8.00.